The molecular formula is C22H18Cl2N4O4S2. The van der Waals surface area contributed by atoms with Crippen LogP contribution in [0.4, 0.5) is 5.69 Å². The number of anilines is 1. The van der Waals surface area contributed by atoms with Crippen LogP contribution in [0.2, 0.25) is 10.0 Å². The highest BCUT2D eigenvalue weighted by atomic mass is 35.5. The van der Waals surface area contributed by atoms with Gasteiger partial charge in [-0.25, -0.2) is 18.2 Å². The molecule has 12 heteroatoms. The average Bonchev–Trinajstić information content (AvgIpc) is 3.25. The molecule has 0 aliphatic carbocycles. The Morgan fingerprint density at radius 1 is 0.853 bits per heavy atom. The average molecular weight is 537 g/mol. The van der Waals surface area contributed by atoms with E-state index in [1.165, 1.54) is 48.1 Å². The fourth-order valence-corrected chi connectivity index (χ4v) is 5.18. The summed E-state index contributed by atoms with van der Waals surface area (Å²) in [5.41, 5.74) is 1.91. The van der Waals surface area contributed by atoms with Crippen molar-refractivity contribution in [3.8, 4) is 16.9 Å². The van der Waals surface area contributed by atoms with Crippen molar-refractivity contribution in [3.05, 3.63) is 88.9 Å². The Morgan fingerprint density at radius 3 is 2.09 bits per heavy atom. The SMILES string of the molecule is CN(c1cccc(Cl)c1)S(=O)(=O)c1cc(-c2ccc(Cl)cc2)n(-c2ccc(S(N)(=O)=O)cc2)n1. The van der Waals surface area contributed by atoms with Crippen molar-refractivity contribution in [3.63, 3.8) is 0 Å². The second kappa shape index (κ2) is 9.05. The van der Waals surface area contributed by atoms with Gasteiger partial charge in [0.1, 0.15) is 0 Å². The molecule has 8 nitrogen and oxygen atoms in total. The number of hydrogen-bond donors (Lipinski definition) is 1. The number of nitrogens with zero attached hydrogens (tertiary/aromatic N) is 3. The lowest BCUT2D eigenvalue weighted by Gasteiger charge is -2.18. The van der Waals surface area contributed by atoms with E-state index in [9.17, 15) is 16.8 Å². The number of nitrogens with two attached hydrogens (primary N) is 1. The molecule has 0 radical (unpaired) electrons. The highest BCUT2D eigenvalue weighted by Gasteiger charge is 2.27. The molecule has 2 N–H and O–H groups in total. The molecule has 34 heavy (non-hydrogen) atoms. The van der Waals surface area contributed by atoms with Crippen LogP contribution in [0.25, 0.3) is 16.9 Å². The number of hydrogen-bond acceptors (Lipinski definition) is 5. The molecule has 176 valence electrons. The van der Waals surface area contributed by atoms with Crippen molar-refractivity contribution in [1.82, 2.24) is 9.78 Å². The Balaban J connectivity index is 1.86. The third-order valence-electron chi connectivity index (χ3n) is 5.03. The van der Waals surface area contributed by atoms with Crippen molar-refractivity contribution in [2.24, 2.45) is 5.14 Å². The van der Waals surface area contributed by atoms with Crippen LogP contribution in [0.15, 0.2) is 88.8 Å². The van der Waals surface area contributed by atoms with Crippen molar-refractivity contribution < 1.29 is 16.8 Å². The van der Waals surface area contributed by atoms with E-state index in [-0.39, 0.29) is 9.92 Å². The van der Waals surface area contributed by atoms with Crippen molar-refractivity contribution in [2.45, 2.75) is 9.92 Å². The Morgan fingerprint density at radius 2 is 1.50 bits per heavy atom. The van der Waals surface area contributed by atoms with Crippen molar-refractivity contribution in [1.29, 1.82) is 0 Å². The van der Waals surface area contributed by atoms with E-state index in [1.807, 2.05) is 0 Å². The molecular weight excluding hydrogens is 519 g/mol. The summed E-state index contributed by atoms with van der Waals surface area (Å²) in [7, 11) is -6.55. The summed E-state index contributed by atoms with van der Waals surface area (Å²) in [4.78, 5) is -0.0787. The van der Waals surface area contributed by atoms with Gasteiger partial charge < -0.3 is 0 Å². The largest absolute Gasteiger partial charge is 0.283 e. The van der Waals surface area contributed by atoms with E-state index in [4.69, 9.17) is 28.3 Å². The monoisotopic (exact) mass is 536 g/mol. The summed E-state index contributed by atoms with van der Waals surface area (Å²) < 4.78 is 52.5. The first-order chi connectivity index (χ1) is 16.0. The minimum atomic E-state index is -4.07. The first-order valence-corrected chi connectivity index (χ1v) is 13.4. The van der Waals surface area contributed by atoms with E-state index < -0.39 is 20.0 Å². The van der Waals surface area contributed by atoms with Gasteiger partial charge in [-0.3, -0.25) is 4.31 Å². The van der Waals surface area contributed by atoms with E-state index in [1.54, 1.807) is 42.5 Å². The molecule has 0 bridgehead atoms. The molecule has 0 saturated carbocycles. The third-order valence-corrected chi connectivity index (χ3v) is 8.11. The fraction of sp³-hybridized carbons (Fsp3) is 0.0455. The van der Waals surface area contributed by atoms with Gasteiger partial charge in [-0.05, 0) is 54.6 Å². The number of aromatic nitrogens is 2. The van der Waals surface area contributed by atoms with Gasteiger partial charge in [0.05, 0.1) is 22.0 Å². The molecule has 0 unspecified atom stereocenters. The fourth-order valence-electron chi connectivity index (χ4n) is 3.24. The second-order valence-corrected chi connectivity index (χ2v) is 11.6. The summed E-state index contributed by atoms with van der Waals surface area (Å²) in [5.74, 6) is 0. The maximum Gasteiger partial charge on any atom is 0.283 e. The van der Waals surface area contributed by atoms with Gasteiger partial charge in [-0.2, -0.15) is 13.5 Å². The smallest absolute Gasteiger partial charge is 0.268 e. The molecule has 4 rings (SSSR count). The number of primary sulfonamides is 1. The van der Waals surface area contributed by atoms with Crippen molar-refractivity contribution in [2.75, 3.05) is 11.4 Å². The van der Waals surface area contributed by atoms with Gasteiger partial charge in [-0.1, -0.05) is 41.4 Å². The van der Waals surface area contributed by atoms with Crippen LogP contribution in [0.1, 0.15) is 0 Å². The standard InChI is InChI=1S/C22H18Cl2N4O4S2/c1-27(19-4-2-3-17(24)13-19)34(31,32)22-14-21(15-5-7-16(23)8-6-15)28(26-22)18-9-11-20(12-10-18)33(25,29)30/h2-14H,1H3,(H2,25,29,30). The van der Waals surface area contributed by atoms with Crippen LogP contribution >= 0.6 is 23.2 Å². The molecule has 4 aromatic rings. The van der Waals surface area contributed by atoms with Crippen LogP contribution in [0, 0.1) is 0 Å². The molecule has 3 aromatic carbocycles. The second-order valence-electron chi connectivity index (χ2n) is 7.28. The summed E-state index contributed by atoms with van der Waals surface area (Å²) in [5, 5.41) is 10.2. The van der Waals surface area contributed by atoms with Gasteiger partial charge in [0.15, 0.2) is 5.03 Å². The highest BCUT2D eigenvalue weighted by Crippen LogP contribution is 2.30. The maximum absolute atomic E-state index is 13.4. The number of sulfonamides is 2. The first-order valence-electron chi connectivity index (χ1n) is 9.70. The predicted molar refractivity (Wildman–Crippen MR) is 132 cm³/mol. The summed E-state index contributed by atoms with van der Waals surface area (Å²) >= 11 is 12.0. The van der Waals surface area contributed by atoms with Crippen molar-refractivity contribution >= 4 is 48.9 Å². The summed E-state index contributed by atoms with van der Waals surface area (Å²) in [6, 6.07) is 20.3. The number of benzene rings is 3. The summed E-state index contributed by atoms with van der Waals surface area (Å²) in [6.07, 6.45) is 0. The number of rotatable bonds is 6. The molecule has 0 aliphatic rings. The van der Waals surface area contributed by atoms with E-state index >= 15 is 0 Å². The number of halogens is 2. The van der Waals surface area contributed by atoms with Gasteiger partial charge in [-0.15, -0.1) is 0 Å². The molecule has 0 atom stereocenters. The molecule has 1 heterocycles. The Hall–Kier alpha value is -2.89. The lowest BCUT2D eigenvalue weighted by molar-refractivity contribution is 0.588. The lowest BCUT2D eigenvalue weighted by atomic mass is 10.1. The highest BCUT2D eigenvalue weighted by molar-refractivity contribution is 7.92. The molecule has 0 aliphatic heterocycles. The Labute approximate surface area is 207 Å². The van der Waals surface area contributed by atoms with Crippen LogP contribution in [-0.2, 0) is 20.0 Å². The van der Waals surface area contributed by atoms with Gasteiger partial charge >= 0.3 is 0 Å². The zero-order valence-electron chi connectivity index (χ0n) is 17.6. The van der Waals surface area contributed by atoms with E-state index in [0.717, 1.165) is 4.31 Å². The lowest BCUT2D eigenvalue weighted by Crippen LogP contribution is -2.27. The maximum atomic E-state index is 13.4. The minimum Gasteiger partial charge on any atom is -0.268 e. The normalized spacial score (nSPS) is 12.0. The minimum absolute atomic E-state index is 0.0787. The van der Waals surface area contributed by atoms with Gasteiger partial charge in [0, 0.05) is 28.7 Å². The van der Waals surface area contributed by atoms with Crippen LogP contribution in [0.5, 0.6) is 0 Å². The molecule has 0 spiro atoms. The quantitative estimate of drug-likeness (QED) is 0.394. The predicted octanol–water partition coefficient (Wildman–Crippen LogP) is 4.32. The summed E-state index contributed by atoms with van der Waals surface area (Å²) in [6.45, 7) is 0. The third kappa shape index (κ3) is 4.82. The Bertz CT molecular complexity index is 1570. The molecule has 0 amide bonds. The van der Waals surface area contributed by atoms with Crippen LogP contribution in [0.3, 0.4) is 0 Å². The molecule has 0 saturated heterocycles. The topological polar surface area (TPSA) is 115 Å². The van der Waals surface area contributed by atoms with Gasteiger partial charge in [0.2, 0.25) is 10.0 Å². The molecule has 0 fully saturated rings. The zero-order valence-corrected chi connectivity index (χ0v) is 20.8. The van der Waals surface area contributed by atoms with Crippen LogP contribution in [-0.4, -0.2) is 33.7 Å². The van der Waals surface area contributed by atoms with E-state index in [2.05, 4.69) is 5.10 Å². The Kier molecular flexibility index (Phi) is 6.45. The van der Waals surface area contributed by atoms with E-state index in [0.29, 0.717) is 32.7 Å². The van der Waals surface area contributed by atoms with Crippen LogP contribution < -0.4 is 9.44 Å². The molecule has 1 aromatic heterocycles. The first kappa shape index (κ1) is 24.2. The van der Waals surface area contributed by atoms with Gasteiger partial charge in [0.25, 0.3) is 10.0 Å². The zero-order chi connectivity index (χ0) is 24.7.